The smallest absolute Gasteiger partial charge is 0.194 e. The first-order chi connectivity index (χ1) is 9.17. The van der Waals surface area contributed by atoms with E-state index in [2.05, 4.69) is 32.2 Å². The van der Waals surface area contributed by atoms with Crippen LogP contribution in [0, 0.1) is 12.3 Å². The maximum atomic E-state index is 5.65. The fourth-order valence-electron chi connectivity index (χ4n) is 1.45. The summed E-state index contributed by atoms with van der Waals surface area (Å²) in [5.74, 6) is 4.13. The highest BCUT2D eigenvalue weighted by Crippen LogP contribution is 2.15. The van der Waals surface area contributed by atoms with E-state index in [1.54, 1.807) is 7.05 Å². The minimum absolute atomic E-state index is 0. The summed E-state index contributed by atoms with van der Waals surface area (Å²) >= 11 is 3.39. The molecule has 0 saturated heterocycles. The van der Waals surface area contributed by atoms with Crippen molar-refractivity contribution >= 4 is 45.9 Å². The highest BCUT2D eigenvalue weighted by molar-refractivity contribution is 14.0. The van der Waals surface area contributed by atoms with Crippen molar-refractivity contribution in [2.24, 2.45) is 4.99 Å². The van der Waals surface area contributed by atoms with Crippen LogP contribution in [0.1, 0.15) is 0 Å². The second-order valence-corrected chi connectivity index (χ2v) is 4.74. The van der Waals surface area contributed by atoms with Crippen molar-refractivity contribution in [2.75, 3.05) is 33.8 Å². The van der Waals surface area contributed by atoms with Gasteiger partial charge < -0.3 is 15.0 Å². The number of nitrogens with zero attached hydrogens (tertiary/aromatic N) is 2. The number of hydrogen-bond donors (Lipinski definition) is 1. The lowest BCUT2D eigenvalue weighted by Gasteiger charge is -2.21. The van der Waals surface area contributed by atoms with E-state index in [1.165, 1.54) is 0 Å². The number of rotatable bonds is 5. The molecule has 0 spiro atoms. The molecule has 0 saturated carbocycles. The first kappa shape index (κ1) is 19.1. The molecule has 0 aliphatic heterocycles. The number of aliphatic imine (C=N–C) groups is 1. The van der Waals surface area contributed by atoms with Crippen LogP contribution in [0.5, 0.6) is 5.75 Å². The largest absolute Gasteiger partial charge is 0.492 e. The summed E-state index contributed by atoms with van der Waals surface area (Å²) in [5, 5.41) is 3.05. The van der Waals surface area contributed by atoms with Crippen LogP contribution >= 0.6 is 39.9 Å². The Hall–Kier alpha value is -0.940. The molecule has 0 aliphatic rings. The van der Waals surface area contributed by atoms with Crippen LogP contribution in [0.3, 0.4) is 0 Å². The molecule has 0 heterocycles. The number of hydrogen-bond acceptors (Lipinski definition) is 2. The molecule has 110 valence electrons. The van der Waals surface area contributed by atoms with Gasteiger partial charge in [0.15, 0.2) is 5.96 Å². The quantitative estimate of drug-likeness (QED) is 0.323. The van der Waals surface area contributed by atoms with Crippen molar-refractivity contribution in [3.8, 4) is 18.1 Å². The minimum Gasteiger partial charge on any atom is -0.492 e. The zero-order chi connectivity index (χ0) is 14.1. The van der Waals surface area contributed by atoms with E-state index in [4.69, 9.17) is 11.2 Å². The van der Waals surface area contributed by atoms with Gasteiger partial charge >= 0.3 is 0 Å². The van der Waals surface area contributed by atoms with E-state index in [1.807, 2.05) is 36.2 Å². The number of benzene rings is 1. The molecule has 4 nitrogen and oxygen atoms in total. The lowest BCUT2D eigenvalue weighted by atomic mass is 10.3. The van der Waals surface area contributed by atoms with Crippen molar-refractivity contribution in [1.82, 2.24) is 10.2 Å². The third-order valence-corrected chi connectivity index (χ3v) is 2.96. The Kier molecular flexibility index (Phi) is 10.3. The fourth-order valence-corrected chi connectivity index (χ4v) is 1.72. The standard InChI is InChI=1S/C14H18BrN3O.HI/c1-4-9-17-14(16-2)18(3)10-11-19-13-7-5-12(15)6-8-13;/h1,5-8H,9-11H2,2-3H3,(H,16,17);1H. The summed E-state index contributed by atoms with van der Waals surface area (Å²) in [6.45, 7) is 1.76. The molecule has 0 bridgehead atoms. The second-order valence-electron chi connectivity index (χ2n) is 3.83. The van der Waals surface area contributed by atoms with Gasteiger partial charge in [-0.1, -0.05) is 21.9 Å². The topological polar surface area (TPSA) is 36.9 Å². The van der Waals surface area contributed by atoms with E-state index in [9.17, 15) is 0 Å². The zero-order valence-corrected chi connectivity index (χ0v) is 15.5. The molecule has 0 aromatic heterocycles. The molecule has 0 unspecified atom stereocenters. The molecule has 0 aliphatic carbocycles. The number of guanidine groups is 1. The van der Waals surface area contributed by atoms with Crippen molar-refractivity contribution in [3.63, 3.8) is 0 Å². The average Bonchev–Trinajstić information content (AvgIpc) is 2.42. The monoisotopic (exact) mass is 451 g/mol. The number of likely N-dealkylation sites (N-methyl/N-ethyl adjacent to an activating group) is 1. The average molecular weight is 452 g/mol. The van der Waals surface area contributed by atoms with Crippen LogP contribution < -0.4 is 10.1 Å². The van der Waals surface area contributed by atoms with E-state index in [0.29, 0.717) is 13.2 Å². The Balaban J connectivity index is 0.00000361. The summed E-state index contributed by atoms with van der Waals surface area (Å²) in [4.78, 5) is 6.11. The van der Waals surface area contributed by atoms with Gasteiger partial charge in [-0.15, -0.1) is 30.4 Å². The third kappa shape index (κ3) is 7.01. The van der Waals surface area contributed by atoms with Crippen molar-refractivity contribution in [3.05, 3.63) is 28.7 Å². The van der Waals surface area contributed by atoms with Gasteiger partial charge in [-0.2, -0.15) is 0 Å². The summed E-state index contributed by atoms with van der Waals surface area (Å²) < 4.78 is 6.68. The van der Waals surface area contributed by atoms with Crippen molar-refractivity contribution in [1.29, 1.82) is 0 Å². The predicted octanol–water partition coefficient (Wildman–Crippen LogP) is 2.59. The van der Waals surface area contributed by atoms with Crippen LogP contribution in [-0.2, 0) is 0 Å². The highest BCUT2D eigenvalue weighted by atomic mass is 127. The molecule has 1 aromatic carbocycles. The molecule has 0 fully saturated rings. The highest BCUT2D eigenvalue weighted by Gasteiger charge is 2.04. The summed E-state index contributed by atoms with van der Waals surface area (Å²) in [7, 11) is 3.67. The van der Waals surface area contributed by atoms with Crippen LogP contribution in [0.2, 0.25) is 0 Å². The molecule has 20 heavy (non-hydrogen) atoms. The van der Waals surface area contributed by atoms with Gasteiger partial charge in [0, 0.05) is 18.6 Å². The first-order valence-electron chi connectivity index (χ1n) is 5.91. The normalized spacial score (nSPS) is 10.2. The zero-order valence-electron chi connectivity index (χ0n) is 11.6. The first-order valence-corrected chi connectivity index (χ1v) is 6.70. The lowest BCUT2D eigenvalue weighted by Crippen LogP contribution is -2.40. The van der Waals surface area contributed by atoms with Gasteiger partial charge in [0.05, 0.1) is 13.1 Å². The molecular weight excluding hydrogens is 433 g/mol. The van der Waals surface area contributed by atoms with Crippen LogP contribution in [0.25, 0.3) is 0 Å². The number of ether oxygens (including phenoxy) is 1. The summed E-state index contributed by atoms with van der Waals surface area (Å²) in [5.41, 5.74) is 0. The minimum atomic E-state index is 0. The van der Waals surface area contributed by atoms with Crippen molar-refractivity contribution in [2.45, 2.75) is 0 Å². The Morgan fingerprint density at radius 1 is 1.45 bits per heavy atom. The van der Waals surface area contributed by atoms with Gasteiger partial charge in [-0.3, -0.25) is 4.99 Å². The molecule has 1 N–H and O–H groups in total. The summed E-state index contributed by atoms with van der Waals surface area (Å²) in [6, 6.07) is 7.75. The fraction of sp³-hybridized carbons (Fsp3) is 0.357. The molecule has 0 amide bonds. The van der Waals surface area contributed by atoms with Crippen LogP contribution in [0.15, 0.2) is 33.7 Å². The maximum absolute atomic E-state index is 5.65. The van der Waals surface area contributed by atoms with Gasteiger partial charge in [-0.25, -0.2) is 0 Å². The number of nitrogens with one attached hydrogen (secondary N) is 1. The van der Waals surface area contributed by atoms with Gasteiger partial charge in [0.2, 0.25) is 0 Å². The molecule has 6 heteroatoms. The van der Waals surface area contributed by atoms with E-state index >= 15 is 0 Å². The van der Waals surface area contributed by atoms with Gasteiger partial charge in [0.1, 0.15) is 12.4 Å². The van der Waals surface area contributed by atoms with Gasteiger partial charge in [-0.05, 0) is 24.3 Å². The number of halogens is 2. The maximum Gasteiger partial charge on any atom is 0.194 e. The van der Waals surface area contributed by atoms with E-state index in [-0.39, 0.29) is 24.0 Å². The summed E-state index contributed by atoms with van der Waals surface area (Å²) in [6.07, 6.45) is 5.21. The Bertz CT molecular complexity index is 456. The van der Waals surface area contributed by atoms with Crippen LogP contribution in [-0.4, -0.2) is 44.7 Å². The molecule has 1 rings (SSSR count). The molecule has 0 atom stereocenters. The van der Waals surface area contributed by atoms with E-state index < -0.39 is 0 Å². The Labute approximate surface area is 146 Å². The predicted molar refractivity (Wildman–Crippen MR) is 97.9 cm³/mol. The van der Waals surface area contributed by atoms with Crippen LogP contribution in [0.4, 0.5) is 0 Å². The van der Waals surface area contributed by atoms with Gasteiger partial charge in [0.25, 0.3) is 0 Å². The Morgan fingerprint density at radius 3 is 2.65 bits per heavy atom. The van der Waals surface area contributed by atoms with Crippen molar-refractivity contribution < 1.29 is 4.74 Å². The Morgan fingerprint density at radius 2 is 2.10 bits per heavy atom. The SMILES string of the molecule is C#CCNC(=NC)N(C)CCOc1ccc(Br)cc1.I. The molecule has 0 radical (unpaired) electrons. The number of terminal acetylenes is 1. The second kappa shape index (κ2) is 10.8. The molecular formula is C14H19BrIN3O. The molecule has 1 aromatic rings. The lowest BCUT2D eigenvalue weighted by molar-refractivity contribution is 0.281. The van der Waals surface area contributed by atoms with E-state index in [0.717, 1.165) is 22.7 Å². The third-order valence-electron chi connectivity index (χ3n) is 2.43.